The van der Waals surface area contributed by atoms with E-state index >= 15 is 0 Å². The first-order valence-electron chi connectivity index (χ1n) is 12.9. The number of likely N-dealkylation sites (tertiary alicyclic amines) is 1. The molecule has 0 N–H and O–H groups in total. The molecule has 1 saturated heterocycles. The van der Waals surface area contributed by atoms with Crippen LogP contribution in [0.2, 0.25) is 0 Å². The highest BCUT2D eigenvalue weighted by Gasteiger charge is 2.36. The van der Waals surface area contributed by atoms with Gasteiger partial charge >= 0.3 is 0 Å². The Kier molecular flexibility index (Phi) is 8.44. The van der Waals surface area contributed by atoms with Crippen molar-refractivity contribution in [1.82, 2.24) is 9.88 Å². The molecular weight excluding hydrogens is 426 g/mol. The number of nitrogens with zero attached hydrogens (tertiary/aromatic N) is 3. The maximum Gasteiger partial charge on any atom is 0.241 e. The second-order valence-electron chi connectivity index (χ2n) is 9.87. The number of amides is 1. The van der Waals surface area contributed by atoms with Gasteiger partial charge in [0.1, 0.15) is 0 Å². The standard InChI is InChI=1S/C28H39N3O3/c1-4-6-13-31(24-9-7-12-29-17-24)28(32)19-30-18-23(15-25(30)14-21(3)8-5-2)22-10-11-26-27(16-22)34-20-33-26/h7,9-12,16-17,21,23,25H,4-6,8,13-15,18-20H2,1-3H3/t21?,23-,25+/m1/s1. The lowest BCUT2D eigenvalue weighted by atomic mass is 9.91. The first-order valence-corrected chi connectivity index (χ1v) is 12.9. The number of carbonyl (C=O) groups excluding carboxylic acids is 1. The molecule has 3 atom stereocenters. The van der Waals surface area contributed by atoms with Gasteiger partial charge in [0.2, 0.25) is 12.7 Å². The second kappa shape index (κ2) is 11.7. The van der Waals surface area contributed by atoms with E-state index in [9.17, 15) is 4.79 Å². The first kappa shape index (κ1) is 24.5. The number of benzene rings is 1. The maximum atomic E-state index is 13.6. The van der Waals surface area contributed by atoms with Gasteiger partial charge in [-0.15, -0.1) is 0 Å². The minimum Gasteiger partial charge on any atom is -0.454 e. The van der Waals surface area contributed by atoms with Gasteiger partial charge in [-0.25, -0.2) is 0 Å². The van der Waals surface area contributed by atoms with Gasteiger partial charge < -0.3 is 14.4 Å². The van der Waals surface area contributed by atoms with Gasteiger partial charge in [-0.05, 0) is 60.9 Å². The van der Waals surface area contributed by atoms with Gasteiger partial charge in [0.05, 0.1) is 18.4 Å². The SMILES string of the molecule is CCCCN(C(=O)CN1C[C@H](c2ccc3c(c2)OCO3)C[C@@H]1CC(C)CCC)c1cccnc1. The van der Waals surface area contributed by atoms with Crippen LogP contribution < -0.4 is 14.4 Å². The molecule has 2 aliphatic rings. The number of ether oxygens (including phenoxy) is 2. The fraction of sp³-hybridized carbons (Fsp3) is 0.571. The number of anilines is 1. The number of hydrogen-bond donors (Lipinski definition) is 0. The number of rotatable bonds is 11. The number of hydrogen-bond acceptors (Lipinski definition) is 5. The summed E-state index contributed by atoms with van der Waals surface area (Å²) in [7, 11) is 0. The molecule has 3 heterocycles. The predicted molar refractivity (Wildman–Crippen MR) is 135 cm³/mol. The molecule has 1 unspecified atom stereocenters. The maximum absolute atomic E-state index is 13.6. The molecule has 0 spiro atoms. The van der Waals surface area contributed by atoms with E-state index in [1.54, 1.807) is 12.4 Å². The van der Waals surface area contributed by atoms with Crippen molar-refractivity contribution in [2.45, 2.75) is 71.3 Å². The molecule has 1 amide bonds. The molecule has 0 radical (unpaired) electrons. The molecule has 0 bridgehead atoms. The normalized spacial score (nSPS) is 20.4. The van der Waals surface area contributed by atoms with Crippen molar-refractivity contribution in [1.29, 1.82) is 0 Å². The van der Waals surface area contributed by atoms with Crippen molar-refractivity contribution in [3.63, 3.8) is 0 Å². The van der Waals surface area contributed by atoms with E-state index in [1.807, 2.05) is 23.1 Å². The van der Waals surface area contributed by atoms with Crippen molar-refractivity contribution in [2.75, 3.05) is 31.3 Å². The van der Waals surface area contributed by atoms with Gasteiger partial charge in [0.15, 0.2) is 11.5 Å². The van der Waals surface area contributed by atoms with Crippen molar-refractivity contribution in [3.05, 3.63) is 48.3 Å². The van der Waals surface area contributed by atoms with E-state index in [4.69, 9.17) is 9.47 Å². The Bertz CT molecular complexity index is 936. The molecule has 6 nitrogen and oxygen atoms in total. The third-order valence-corrected chi connectivity index (χ3v) is 7.18. The van der Waals surface area contributed by atoms with Crippen molar-refractivity contribution < 1.29 is 14.3 Å². The zero-order valence-electron chi connectivity index (χ0n) is 20.9. The van der Waals surface area contributed by atoms with E-state index < -0.39 is 0 Å². The van der Waals surface area contributed by atoms with E-state index in [0.29, 0.717) is 31.2 Å². The fourth-order valence-corrected chi connectivity index (χ4v) is 5.39. The third kappa shape index (κ3) is 5.90. The van der Waals surface area contributed by atoms with Crippen LogP contribution in [-0.2, 0) is 4.79 Å². The Morgan fingerprint density at radius 3 is 2.82 bits per heavy atom. The summed E-state index contributed by atoms with van der Waals surface area (Å²) in [4.78, 5) is 22.2. The molecule has 184 valence electrons. The van der Waals surface area contributed by atoms with Crippen LogP contribution in [0.1, 0.15) is 70.8 Å². The van der Waals surface area contributed by atoms with Crippen LogP contribution in [0.5, 0.6) is 11.5 Å². The minimum atomic E-state index is 0.168. The summed E-state index contributed by atoms with van der Waals surface area (Å²) in [6.07, 6.45) is 10.2. The lowest BCUT2D eigenvalue weighted by Crippen LogP contribution is -2.43. The van der Waals surface area contributed by atoms with Crippen LogP contribution >= 0.6 is 0 Å². The molecular formula is C28H39N3O3. The quantitative estimate of drug-likeness (QED) is 0.431. The topological polar surface area (TPSA) is 54.9 Å². The van der Waals surface area contributed by atoms with E-state index in [1.165, 1.54) is 18.4 Å². The molecule has 0 aliphatic carbocycles. The predicted octanol–water partition coefficient (Wildman–Crippen LogP) is 5.63. The largest absolute Gasteiger partial charge is 0.454 e. The molecule has 0 saturated carbocycles. The highest BCUT2D eigenvalue weighted by atomic mass is 16.7. The first-order chi connectivity index (χ1) is 16.6. The number of carbonyl (C=O) groups is 1. The van der Waals surface area contributed by atoms with Gasteiger partial charge in [-0.1, -0.05) is 46.1 Å². The van der Waals surface area contributed by atoms with Crippen LogP contribution in [0.4, 0.5) is 5.69 Å². The molecule has 2 aromatic rings. The van der Waals surface area contributed by atoms with E-state index in [-0.39, 0.29) is 5.91 Å². The fourth-order valence-electron chi connectivity index (χ4n) is 5.39. The number of unbranched alkanes of at least 4 members (excludes halogenated alkanes) is 1. The Labute approximate surface area is 204 Å². The Morgan fingerprint density at radius 1 is 1.21 bits per heavy atom. The highest BCUT2D eigenvalue weighted by Crippen LogP contribution is 2.40. The van der Waals surface area contributed by atoms with Crippen LogP contribution in [-0.4, -0.2) is 48.3 Å². The summed E-state index contributed by atoms with van der Waals surface area (Å²) in [5.74, 6) is 2.87. The smallest absolute Gasteiger partial charge is 0.241 e. The van der Waals surface area contributed by atoms with Crippen molar-refractivity contribution >= 4 is 11.6 Å². The van der Waals surface area contributed by atoms with Crippen LogP contribution in [0.25, 0.3) is 0 Å². The molecule has 1 aromatic carbocycles. The number of aromatic nitrogens is 1. The summed E-state index contributed by atoms with van der Waals surface area (Å²) >= 11 is 0. The summed E-state index contributed by atoms with van der Waals surface area (Å²) in [5, 5.41) is 0. The second-order valence-corrected chi connectivity index (χ2v) is 9.87. The third-order valence-electron chi connectivity index (χ3n) is 7.18. The Hall–Kier alpha value is -2.60. The van der Waals surface area contributed by atoms with Gasteiger partial charge in [-0.2, -0.15) is 0 Å². The Morgan fingerprint density at radius 2 is 2.06 bits per heavy atom. The summed E-state index contributed by atoms with van der Waals surface area (Å²) in [6.45, 7) is 9.13. The minimum absolute atomic E-state index is 0.168. The average molecular weight is 466 g/mol. The van der Waals surface area contributed by atoms with Gasteiger partial charge in [0.25, 0.3) is 0 Å². The monoisotopic (exact) mass is 465 g/mol. The van der Waals surface area contributed by atoms with Crippen LogP contribution in [0.3, 0.4) is 0 Å². The highest BCUT2D eigenvalue weighted by molar-refractivity contribution is 5.94. The van der Waals surface area contributed by atoms with E-state index in [2.05, 4.69) is 42.8 Å². The zero-order valence-corrected chi connectivity index (χ0v) is 20.9. The number of fused-ring (bicyclic) bond motifs is 1. The van der Waals surface area contributed by atoms with Crippen LogP contribution in [0, 0.1) is 5.92 Å². The van der Waals surface area contributed by atoms with Gasteiger partial charge in [0, 0.05) is 25.3 Å². The summed E-state index contributed by atoms with van der Waals surface area (Å²) in [6, 6.07) is 10.6. The number of pyridine rings is 1. The summed E-state index contributed by atoms with van der Waals surface area (Å²) in [5.41, 5.74) is 2.17. The zero-order chi connectivity index (χ0) is 23.9. The molecule has 4 rings (SSSR count). The van der Waals surface area contributed by atoms with E-state index in [0.717, 1.165) is 56.0 Å². The lowest BCUT2D eigenvalue weighted by Gasteiger charge is -2.29. The van der Waals surface area contributed by atoms with Gasteiger partial charge in [-0.3, -0.25) is 14.7 Å². The molecule has 6 heteroatoms. The molecule has 2 aliphatic heterocycles. The molecule has 34 heavy (non-hydrogen) atoms. The van der Waals surface area contributed by atoms with Crippen molar-refractivity contribution in [2.24, 2.45) is 5.92 Å². The van der Waals surface area contributed by atoms with Crippen LogP contribution in [0.15, 0.2) is 42.7 Å². The Balaban J connectivity index is 1.51. The lowest BCUT2D eigenvalue weighted by molar-refractivity contribution is -0.120. The van der Waals surface area contributed by atoms with Crippen molar-refractivity contribution in [3.8, 4) is 11.5 Å². The summed E-state index contributed by atoms with van der Waals surface area (Å²) < 4.78 is 11.1. The molecule has 1 fully saturated rings. The molecule has 1 aromatic heterocycles. The average Bonchev–Trinajstić information content (AvgIpc) is 3.46.